The Hall–Kier alpha value is -2.14. The van der Waals surface area contributed by atoms with Crippen molar-refractivity contribution in [3.05, 3.63) is 45.7 Å². The summed E-state index contributed by atoms with van der Waals surface area (Å²) in [6.07, 6.45) is 2.34. The van der Waals surface area contributed by atoms with Crippen LogP contribution in [0, 0.1) is 5.92 Å². The van der Waals surface area contributed by atoms with Crippen molar-refractivity contribution in [1.29, 1.82) is 0 Å². The van der Waals surface area contributed by atoms with Gasteiger partial charge in [0.2, 0.25) is 0 Å². The van der Waals surface area contributed by atoms with Gasteiger partial charge in [-0.3, -0.25) is 9.69 Å². The average Bonchev–Trinajstić information content (AvgIpc) is 2.57. The molecule has 1 fully saturated rings. The maximum absolute atomic E-state index is 13.0. The summed E-state index contributed by atoms with van der Waals surface area (Å²) < 4.78 is 5.16. The lowest BCUT2D eigenvalue weighted by molar-refractivity contribution is 0.0516. The number of ether oxygens (including phenoxy) is 1. The smallest absolute Gasteiger partial charge is 0.355 e. The number of benzene rings is 1. The molecule has 1 saturated heterocycles. The zero-order valence-corrected chi connectivity index (χ0v) is 14.3. The van der Waals surface area contributed by atoms with Gasteiger partial charge in [0.25, 0.3) is 0 Å². The number of pyridine rings is 1. The Morgan fingerprint density at radius 3 is 2.92 bits per heavy atom. The standard InChI is InChI=1S/C19H24N2O3/c1-3-24-19(23)17-15(12-21-10-6-7-13(2)11-21)18(22)14-8-4-5-9-16(14)20-17/h4-5,8-9,13H,3,6-7,10-12H2,1-2H3,(H,20,22)/t13-/m1/s1. The van der Waals surface area contributed by atoms with E-state index in [1.807, 2.05) is 18.2 Å². The summed E-state index contributed by atoms with van der Waals surface area (Å²) >= 11 is 0. The minimum Gasteiger partial charge on any atom is -0.461 e. The molecule has 0 bridgehead atoms. The Morgan fingerprint density at radius 1 is 1.38 bits per heavy atom. The van der Waals surface area contributed by atoms with Crippen LogP contribution in [-0.2, 0) is 11.3 Å². The van der Waals surface area contributed by atoms with Crippen molar-refractivity contribution in [3.63, 3.8) is 0 Å². The molecule has 0 saturated carbocycles. The number of hydrogen-bond acceptors (Lipinski definition) is 4. The van der Waals surface area contributed by atoms with Crippen LogP contribution in [0.2, 0.25) is 0 Å². The number of piperidine rings is 1. The molecule has 0 amide bonds. The first kappa shape index (κ1) is 16.7. The quantitative estimate of drug-likeness (QED) is 0.877. The molecule has 2 heterocycles. The number of nitrogens with zero attached hydrogens (tertiary/aromatic N) is 1. The summed E-state index contributed by atoms with van der Waals surface area (Å²) in [4.78, 5) is 30.7. The summed E-state index contributed by atoms with van der Waals surface area (Å²) in [5.41, 5.74) is 1.40. The number of H-pyrrole nitrogens is 1. The highest BCUT2D eigenvalue weighted by Crippen LogP contribution is 2.19. The number of carbonyl (C=O) groups is 1. The molecule has 1 atom stereocenters. The van der Waals surface area contributed by atoms with E-state index in [0.29, 0.717) is 34.6 Å². The third-order valence-electron chi connectivity index (χ3n) is 4.61. The average molecular weight is 328 g/mol. The zero-order chi connectivity index (χ0) is 17.1. The predicted octanol–water partition coefficient (Wildman–Crippen LogP) is 2.94. The molecular weight excluding hydrogens is 304 g/mol. The number of rotatable bonds is 4. The van der Waals surface area contributed by atoms with Crippen LogP contribution in [0.3, 0.4) is 0 Å². The van der Waals surface area contributed by atoms with Crippen LogP contribution in [0.15, 0.2) is 29.1 Å². The maximum Gasteiger partial charge on any atom is 0.355 e. The van der Waals surface area contributed by atoms with Crippen molar-refractivity contribution in [2.45, 2.75) is 33.2 Å². The number of likely N-dealkylation sites (tertiary alicyclic amines) is 1. The first-order valence-corrected chi connectivity index (χ1v) is 8.63. The molecule has 5 nitrogen and oxygen atoms in total. The van der Waals surface area contributed by atoms with Crippen molar-refractivity contribution in [2.75, 3.05) is 19.7 Å². The molecule has 0 aliphatic carbocycles. The molecule has 2 aromatic rings. The monoisotopic (exact) mass is 328 g/mol. The molecule has 1 aromatic carbocycles. The van der Waals surface area contributed by atoms with E-state index < -0.39 is 5.97 Å². The number of aromatic nitrogens is 1. The molecule has 5 heteroatoms. The van der Waals surface area contributed by atoms with E-state index in [4.69, 9.17) is 4.74 Å². The van der Waals surface area contributed by atoms with Crippen molar-refractivity contribution in [2.24, 2.45) is 5.92 Å². The van der Waals surface area contributed by atoms with Crippen LogP contribution in [0.1, 0.15) is 42.7 Å². The van der Waals surface area contributed by atoms with Crippen LogP contribution < -0.4 is 5.43 Å². The lowest BCUT2D eigenvalue weighted by Gasteiger charge is -2.31. The molecule has 1 aliphatic heterocycles. The number of hydrogen-bond donors (Lipinski definition) is 1. The van der Waals surface area contributed by atoms with Gasteiger partial charge >= 0.3 is 5.97 Å². The third-order valence-corrected chi connectivity index (χ3v) is 4.61. The molecule has 0 spiro atoms. The van der Waals surface area contributed by atoms with Crippen LogP contribution in [0.25, 0.3) is 10.9 Å². The second-order valence-corrected chi connectivity index (χ2v) is 6.56. The van der Waals surface area contributed by atoms with Gasteiger partial charge in [0.1, 0.15) is 5.69 Å². The molecule has 0 radical (unpaired) electrons. The van der Waals surface area contributed by atoms with E-state index in [2.05, 4.69) is 16.8 Å². The lowest BCUT2D eigenvalue weighted by atomic mass is 9.99. The van der Waals surface area contributed by atoms with Gasteiger partial charge in [-0.05, 0) is 44.4 Å². The van der Waals surface area contributed by atoms with E-state index in [-0.39, 0.29) is 12.0 Å². The molecule has 24 heavy (non-hydrogen) atoms. The Balaban J connectivity index is 2.05. The predicted molar refractivity (Wildman–Crippen MR) is 94.2 cm³/mol. The highest BCUT2D eigenvalue weighted by molar-refractivity contribution is 5.92. The molecule has 1 aromatic heterocycles. The summed E-state index contributed by atoms with van der Waals surface area (Å²) in [7, 11) is 0. The van der Waals surface area contributed by atoms with Crippen molar-refractivity contribution >= 4 is 16.9 Å². The highest BCUT2D eigenvalue weighted by Gasteiger charge is 2.23. The molecule has 0 unspecified atom stereocenters. The number of esters is 1. The van der Waals surface area contributed by atoms with E-state index in [0.717, 1.165) is 19.5 Å². The number of aromatic amines is 1. The summed E-state index contributed by atoms with van der Waals surface area (Å²) in [6.45, 7) is 6.67. The summed E-state index contributed by atoms with van der Waals surface area (Å²) in [5, 5.41) is 0.616. The highest BCUT2D eigenvalue weighted by atomic mass is 16.5. The van der Waals surface area contributed by atoms with Crippen molar-refractivity contribution in [1.82, 2.24) is 9.88 Å². The number of para-hydroxylation sites is 1. The molecular formula is C19H24N2O3. The Kier molecular flexibility index (Phi) is 5.00. The fourth-order valence-electron chi connectivity index (χ4n) is 3.46. The Labute approximate surface area is 141 Å². The SMILES string of the molecule is CCOC(=O)c1[nH]c2ccccc2c(=O)c1CN1CCC[C@@H](C)C1. The second-order valence-electron chi connectivity index (χ2n) is 6.56. The van der Waals surface area contributed by atoms with Crippen LogP contribution >= 0.6 is 0 Å². The fourth-order valence-corrected chi connectivity index (χ4v) is 3.46. The summed E-state index contributed by atoms with van der Waals surface area (Å²) in [6, 6.07) is 7.30. The Morgan fingerprint density at radius 2 is 2.17 bits per heavy atom. The lowest BCUT2D eigenvalue weighted by Crippen LogP contribution is -2.36. The van der Waals surface area contributed by atoms with E-state index >= 15 is 0 Å². The summed E-state index contributed by atoms with van der Waals surface area (Å²) in [5.74, 6) is 0.157. The van der Waals surface area contributed by atoms with Gasteiger partial charge in [0.05, 0.1) is 6.61 Å². The number of carbonyl (C=O) groups excluding carboxylic acids is 1. The van der Waals surface area contributed by atoms with E-state index in [1.165, 1.54) is 6.42 Å². The minimum atomic E-state index is -0.458. The Bertz CT molecular complexity index is 797. The molecule has 1 N–H and O–H groups in total. The van der Waals surface area contributed by atoms with E-state index in [1.54, 1.807) is 13.0 Å². The minimum absolute atomic E-state index is 0.0781. The first-order valence-electron chi connectivity index (χ1n) is 8.63. The molecule has 3 rings (SSSR count). The van der Waals surface area contributed by atoms with Crippen molar-refractivity contribution in [3.8, 4) is 0 Å². The topological polar surface area (TPSA) is 62.4 Å². The first-order chi connectivity index (χ1) is 11.6. The van der Waals surface area contributed by atoms with Gasteiger partial charge in [-0.25, -0.2) is 4.79 Å². The molecule has 1 aliphatic rings. The van der Waals surface area contributed by atoms with E-state index in [9.17, 15) is 9.59 Å². The molecule has 128 valence electrons. The van der Waals surface area contributed by atoms with Gasteiger partial charge in [-0.15, -0.1) is 0 Å². The van der Waals surface area contributed by atoms with Crippen molar-refractivity contribution < 1.29 is 9.53 Å². The normalized spacial score (nSPS) is 18.7. The van der Waals surface area contributed by atoms with Gasteiger partial charge < -0.3 is 9.72 Å². The largest absolute Gasteiger partial charge is 0.461 e. The van der Waals surface area contributed by atoms with Crippen LogP contribution in [-0.4, -0.2) is 35.5 Å². The second kappa shape index (κ2) is 7.18. The fraction of sp³-hybridized carbons (Fsp3) is 0.474. The van der Waals surface area contributed by atoms with Gasteiger partial charge in [0.15, 0.2) is 5.43 Å². The third kappa shape index (κ3) is 3.36. The van der Waals surface area contributed by atoms with Crippen LogP contribution in [0.4, 0.5) is 0 Å². The maximum atomic E-state index is 13.0. The van der Waals surface area contributed by atoms with Gasteiger partial charge in [0, 0.05) is 29.6 Å². The number of nitrogens with one attached hydrogen (secondary N) is 1. The van der Waals surface area contributed by atoms with Gasteiger partial charge in [-0.2, -0.15) is 0 Å². The van der Waals surface area contributed by atoms with Gasteiger partial charge in [-0.1, -0.05) is 19.1 Å². The number of fused-ring (bicyclic) bond motifs is 1. The zero-order valence-electron chi connectivity index (χ0n) is 14.3. The van der Waals surface area contributed by atoms with Crippen LogP contribution in [0.5, 0.6) is 0 Å².